The largest absolute Gasteiger partial charge is 0.467 e. The monoisotopic (exact) mass is 388 g/mol. The summed E-state index contributed by atoms with van der Waals surface area (Å²) in [6.07, 6.45) is 1.68. The van der Waals surface area contributed by atoms with E-state index in [2.05, 4.69) is 20.4 Å². The van der Waals surface area contributed by atoms with E-state index >= 15 is 0 Å². The van der Waals surface area contributed by atoms with Gasteiger partial charge in [-0.2, -0.15) is 4.98 Å². The highest BCUT2D eigenvalue weighted by Gasteiger charge is 2.29. The number of fused-ring (bicyclic) bond motifs is 1. The van der Waals surface area contributed by atoms with E-state index in [1.54, 1.807) is 0 Å². The summed E-state index contributed by atoms with van der Waals surface area (Å²) in [5.74, 6) is -0.192. The van der Waals surface area contributed by atoms with Crippen molar-refractivity contribution in [2.45, 2.75) is 12.5 Å². The maximum absolute atomic E-state index is 12.1. The van der Waals surface area contributed by atoms with Gasteiger partial charge in [0.15, 0.2) is 16.4 Å². The average Bonchev–Trinajstić information content (AvgIpc) is 3.24. The van der Waals surface area contributed by atoms with Crippen LogP contribution in [0.15, 0.2) is 41.2 Å². The number of benzene rings is 1. The Kier molecular flexibility index (Phi) is 4.48. The predicted octanol–water partition coefficient (Wildman–Crippen LogP) is 0.967. The number of aromatic nitrogens is 3. The lowest BCUT2D eigenvalue weighted by Gasteiger charge is -2.11. The van der Waals surface area contributed by atoms with Gasteiger partial charge in [0.2, 0.25) is 5.88 Å². The molecule has 10 heteroatoms. The molecule has 3 aromatic rings. The van der Waals surface area contributed by atoms with Crippen molar-refractivity contribution >= 4 is 26.8 Å². The molecule has 1 unspecified atom stereocenters. The van der Waals surface area contributed by atoms with E-state index in [0.29, 0.717) is 17.5 Å². The van der Waals surface area contributed by atoms with Gasteiger partial charge in [-0.05, 0) is 6.42 Å². The molecule has 2 aromatic heterocycles. The topological polar surface area (TPSA) is 124 Å². The van der Waals surface area contributed by atoms with Crippen molar-refractivity contribution in [1.29, 1.82) is 0 Å². The highest BCUT2D eigenvalue weighted by molar-refractivity contribution is 7.91. The molecular weight excluding hydrogens is 372 g/mol. The van der Waals surface area contributed by atoms with Gasteiger partial charge in [-0.1, -0.05) is 35.5 Å². The van der Waals surface area contributed by atoms with Crippen LogP contribution >= 0.6 is 0 Å². The molecule has 1 aromatic carbocycles. The van der Waals surface area contributed by atoms with Crippen LogP contribution in [-0.4, -0.2) is 53.6 Å². The second-order valence-corrected chi connectivity index (χ2v) is 8.44. The lowest BCUT2D eigenvalue weighted by Crippen LogP contribution is -2.38. The Labute approximate surface area is 154 Å². The summed E-state index contributed by atoms with van der Waals surface area (Å²) in [5.41, 5.74) is 1.57. The van der Waals surface area contributed by atoms with Crippen LogP contribution in [-0.2, 0) is 14.6 Å². The van der Waals surface area contributed by atoms with Crippen LogP contribution in [0.5, 0.6) is 5.88 Å². The summed E-state index contributed by atoms with van der Waals surface area (Å²) in [6.45, 7) is -0.304. The SMILES string of the molecule is O=C(COc1ncnc2onc(-c3ccccc3)c12)NC1CCS(=O)(=O)C1. The molecule has 0 saturated carbocycles. The lowest BCUT2D eigenvalue weighted by molar-refractivity contribution is -0.123. The van der Waals surface area contributed by atoms with Crippen LogP contribution in [0, 0.1) is 0 Å². The molecule has 0 bridgehead atoms. The van der Waals surface area contributed by atoms with Crippen LogP contribution in [0.25, 0.3) is 22.4 Å². The number of hydrogen-bond acceptors (Lipinski definition) is 8. The van der Waals surface area contributed by atoms with Crippen molar-refractivity contribution in [3.8, 4) is 17.1 Å². The smallest absolute Gasteiger partial charge is 0.265 e. The fourth-order valence-electron chi connectivity index (χ4n) is 2.98. The first-order valence-corrected chi connectivity index (χ1v) is 10.1. The molecule has 1 fully saturated rings. The molecule has 140 valence electrons. The molecule has 1 atom stereocenters. The maximum atomic E-state index is 12.1. The number of ether oxygens (including phenoxy) is 1. The minimum Gasteiger partial charge on any atom is -0.467 e. The molecule has 9 nitrogen and oxygen atoms in total. The zero-order valence-electron chi connectivity index (χ0n) is 14.2. The number of nitrogens with one attached hydrogen (secondary N) is 1. The van der Waals surface area contributed by atoms with E-state index in [-0.39, 0.29) is 35.7 Å². The van der Waals surface area contributed by atoms with Gasteiger partial charge in [0.25, 0.3) is 11.6 Å². The third-order valence-electron chi connectivity index (χ3n) is 4.22. The predicted molar refractivity (Wildman–Crippen MR) is 95.7 cm³/mol. The molecular formula is C17H16N4O5S. The Hall–Kier alpha value is -3.01. The molecule has 1 saturated heterocycles. The molecule has 1 amide bonds. The van der Waals surface area contributed by atoms with Crippen LogP contribution in [0.3, 0.4) is 0 Å². The van der Waals surface area contributed by atoms with Gasteiger partial charge in [-0.15, -0.1) is 0 Å². The van der Waals surface area contributed by atoms with E-state index in [1.165, 1.54) is 6.33 Å². The number of hydrogen-bond donors (Lipinski definition) is 1. The molecule has 4 rings (SSSR count). The molecule has 3 heterocycles. The first kappa shape index (κ1) is 17.4. The second-order valence-electron chi connectivity index (χ2n) is 6.21. The van der Waals surface area contributed by atoms with Crippen LogP contribution < -0.4 is 10.1 Å². The fraction of sp³-hybridized carbons (Fsp3) is 0.294. The van der Waals surface area contributed by atoms with Gasteiger partial charge in [-0.25, -0.2) is 13.4 Å². The van der Waals surface area contributed by atoms with Crippen molar-refractivity contribution < 1.29 is 22.5 Å². The second kappa shape index (κ2) is 6.95. The number of carbonyl (C=O) groups excluding carboxylic acids is 1. The number of amides is 1. The molecule has 1 aliphatic rings. The first-order chi connectivity index (χ1) is 13.0. The third-order valence-corrected chi connectivity index (χ3v) is 5.99. The Bertz CT molecular complexity index is 1080. The lowest BCUT2D eigenvalue weighted by atomic mass is 10.1. The first-order valence-electron chi connectivity index (χ1n) is 8.30. The Morgan fingerprint density at radius 1 is 1.26 bits per heavy atom. The molecule has 0 radical (unpaired) electrons. The number of sulfone groups is 1. The fourth-order valence-corrected chi connectivity index (χ4v) is 4.65. The van der Waals surface area contributed by atoms with Gasteiger partial charge in [0.1, 0.15) is 17.4 Å². The van der Waals surface area contributed by atoms with E-state index in [1.807, 2.05) is 30.3 Å². The minimum atomic E-state index is -3.06. The third kappa shape index (κ3) is 3.75. The van der Waals surface area contributed by atoms with Crippen molar-refractivity contribution in [3.63, 3.8) is 0 Å². The van der Waals surface area contributed by atoms with Crippen molar-refractivity contribution in [1.82, 2.24) is 20.4 Å². The van der Waals surface area contributed by atoms with E-state index < -0.39 is 15.7 Å². The van der Waals surface area contributed by atoms with Crippen LogP contribution in [0.1, 0.15) is 6.42 Å². The van der Waals surface area contributed by atoms with Gasteiger partial charge in [0, 0.05) is 11.6 Å². The Balaban J connectivity index is 1.51. The van der Waals surface area contributed by atoms with Crippen molar-refractivity contribution in [3.05, 3.63) is 36.7 Å². The molecule has 1 N–H and O–H groups in total. The highest BCUT2D eigenvalue weighted by Crippen LogP contribution is 2.32. The number of rotatable bonds is 5. The van der Waals surface area contributed by atoms with Gasteiger partial charge < -0.3 is 14.6 Å². The summed E-state index contributed by atoms with van der Waals surface area (Å²) in [4.78, 5) is 20.2. The van der Waals surface area contributed by atoms with E-state index in [4.69, 9.17) is 9.26 Å². The zero-order chi connectivity index (χ0) is 18.9. The van der Waals surface area contributed by atoms with Crippen molar-refractivity contribution in [2.24, 2.45) is 0 Å². The van der Waals surface area contributed by atoms with Gasteiger partial charge in [-0.3, -0.25) is 4.79 Å². The summed E-state index contributed by atoms with van der Waals surface area (Å²) in [6, 6.07) is 8.95. The number of carbonyl (C=O) groups is 1. The minimum absolute atomic E-state index is 0.0414. The summed E-state index contributed by atoms with van der Waals surface area (Å²) in [5, 5.41) is 7.17. The quantitative estimate of drug-likeness (QED) is 0.685. The normalized spacial score (nSPS) is 18.4. The van der Waals surface area contributed by atoms with Gasteiger partial charge in [0.05, 0.1) is 11.5 Å². The summed E-state index contributed by atoms with van der Waals surface area (Å²) >= 11 is 0. The maximum Gasteiger partial charge on any atom is 0.265 e. The summed E-state index contributed by atoms with van der Waals surface area (Å²) < 4.78 is 33.7. The highest BCUT2D eigenvalue weighted by atomic mass is 32.2. The van der Waals surface area contributed by atoms with Crippen LogP contribution in [0.4, 0.5) is 0 Å². The molecule has 0 aliphatic carbocycles. The number of nitrogens with zero attached hydrogens (tertiary/aromatic N) is 3. The van der Waals surface area contributed by atoms with Gasteiger partial charge >= 0.3 is 0 Å². The Morgan fingerprint density at radius 2 is 2.07 bits per heavy atom. The molecule has 0 spiro atoms. The van der Waals surface area contributed by atoms with Crippen molar-refractivity contribution in [2.75, 3.05) is 18.1 Å². The van der Waals surface area contributed by atoms with Crippen LogP contribution in [0.2, 0.25) is 0 Å². The van der Waals surface area contributed by atoms with E-state index in [9.17, 15) is 13.2 Å². The molecule has 27 heavy (non-hydrogen) atoms. The standard InChI is InChI=1S/C17H16N4O5S/c22-13(20-12-6-7-27(23,24)9-12)8-25-16-14-15(11-4-2-1-3-5-11)21-26-17(14)19-10-18-16/h1-5,10,12H,6-9H2,(H,20,22). The Morgan fingerprint density at radius 3 is 2.81 bits per heavy atom. The molecule has 1 aliphatic heterocycles. The van der Waals surface area contributed by atoms with E-state index in [0.717, 1.165) is 5.56 Å². The zero-order valence-corrected chi connectivity index (χ0v) is 15.0. The summed E-state index contributed by atoms with van der Waals surface area (Å²) in [7, 11) is -3.06. The average molecular weight is 388 g/mol.